The van der Waals surface area contributed by atoms with E-state index in [4.69, 9.17) is 9.47 Å². The number of esters is 1. The Hall–Kier alpha value is -2.13. The van der Waals surface area contributed by atoms with E-state index in [-0.39, 0.29) is 18.1 Å². The van der Waals surface area contributed by atoms with E-state index in [0.717, 1.165) is 5.56 Å². The molecule has 2 N–H and O–H groups in total. The highest BCUT2D eigenvalue weighted by Crippen LogP contribution is 2.35. The summed E-state index contributed by atoms with van der Waals surface area (Å²) >= 11 is 4.62. The highest BCUT2D eigenvalue weighted by Gasteiger charge is 2.09. The largest absolute Gasteiger partial charge is 0.503 e. The monoisotopic (exact) mass is 427 g/mol. The van der Waals surface area contributed by atoms with Gasteiger partial charge in [-0.05, 0) is 47.5 Å². The molecule has 0 aliphatic rings. The standard InChI is InChI=1S/C16H18BrN3O4S/c1-3-23-13-6-10(5-12(17)15(13)22)8-18-20-16-19-11(9-25-16)7-14(21)24-4-2/h5-6,8-9,22H,3-4,7H2,1-2H3,(H,19,20). The minimum absolute atomic E-state index is 0.0514. The molecule has 134 valence electrons. The first-order valence-electron chi connectivity index (χ1n) is 7.57. The van der Waals surface area contributed by atoms with E-state index < -0.39 is 0 Å². The number of carbonyl (C=O) groups excluding carboxylic acids is 1. The number of rotatable bonds is 8. The van der Waals surface area contributed by atoms with Crippen LogP contribution in [0, 0.1) is 0 Å². The van der Waals surface area contributed by atoms with Gasteiger partial charge in [0, 0.05) is 5.38 Å². The summed E-state index contributed by atoms with van der Waals surface area (Å²) in [4.78, 5) is 15.7. The van der Waals surface area contributed by atoms with Crippen LogP contribution in [0.3, 0.4) is 0 Å². The summed E-state index contributed by atoms with van der Waals surface area (Å²) in [6, 6.07) is 3.40. The molecule has 0 aliphatic heterocycles. The second-order valence-corrected chi connectivity index (χ2v) is 6.49. The van der Waals surface area contributed by atoms with Crippen molar-refractivity contribution in [3.63, 3.8) is 0 Å². The minimum Gasteiger partial charge on any atom is -0.503 e. The second kappa shape index (κ2) is 9.38. The first-order valence-corrected chi connectivity index (χ1v) is 9.25. The zero-order chi connectivity index (χ0) is 18.2. The number of nitrogens with zero attached hydrogens (tertiary/aromatic N) is 2. The number of nitrogens with one attached hydrogen (secondary N) is 1. The van der Waals surface area contributed by atoms with Crippen LogP contribution in [0.2, 0.25) is 0 Å². The van der Waals surface area contributed by atoms with E-state index in [9.17, 15) is 9.90 Å². The van der Waals surface area contributed by atoms with Crippen LogP contribution >= 0.6 is 27.3 Å². The Bertz CT molecular complexity index is 764. The van der Waals surface area contributed by atoms with E-state index in [1.54, 1.807) is 30.7 Å². The van der Waals surface area contributed by atoms with E-state index >= 15 is 0 Å². The van der Waals surface area contributed by atoms with Gasteiger partial charge in [-0.15, -0.1) is 11.3 Å². The fraction of sp³-hybridized carbons (Fsp3) is 0.312. The summed E-state index contributed by atoms with van der Waals surface area (Å²) in [5.41, 5.74) is 4.18. The quantitative estimate of drug-likeness (QED) is 0.380. The third kappa shape index (κ3) is 5.71. The SMILES string of the molecule is CCOC(=O)Cc1csc(NN=Cc2cc(Br)c(O)c(OCC)c2)n1. The average Bonchev–Trinajstić information content (AvgIpc) is 2.99. The van der Waals surface area contributed by atoms with Crippen molar-refractivity contribution in [1.29, 1.82) is 0 Å². The van der Waals surface area contributed by atoms with Crippen LogP contribution in [-0.4, -0.2) is 35.5 Å². The zero-order valence-corrected chi connectivity index (χ0v) is 16.2. The van der Waals surface area contributed by atoms with Gasteiger partial charge < -0.3 is 14.6 Å². The fourth-order valence-electron chi connectivity index (χ4n) is 1.90. The van der Waals surface area contributed by atoms with Gasteiger partial charge in [-0.2, -0.15) is 5.10 Å². The zero-order valence-electron chi connectivity index (χ0n) is 13.8. The lowest BCUT2D eigenvalue weighted by molar-refractivity contribution is -0.142. The Morgan fingerprint density at radius 1 is 1.44 bits per heavy atom. The third-order valence-electron chi connectivity index (χ3n) is 2.91. The highest BCUT2D eigenvalue weighted by atomic mass is 79.9. The molecule has 0 atom stereocenters. The molecule has 2 aromatic rings. The van der Waals surface area contributed by atoms with Crippen molar-refractivity contribution >= 4 is 44.6 Å². The maximum atomic E-state index is 11.4. The van der Waals surface area contributed by atoms with Crippen molar-refractivity contribution < 1.29 is 19.4 Å². The van der Waals surface area contributed by atoms with Gasteiger partial charge in [0.05, 0.1) is 36.0 Å². The lowest BCUT2D eigenvalue weighted by Gasteiger charge is -2.08. The Morgan fingerprint density at radius 2 is 2.24 bits per heavy atom. The number of halogens is 1. The molecular formula is C16H18BrN3O4S. The summed E-state index contributed by atoms with van der Waals surface area (Å²) in [5, 5.41) is 16.3. The highest BCUT2D eigenvalue weighted by molar-refractivity contribution is 9.10. The molecule has 7 nitrogen and oxygen atoms in total. The minimum atomic E-state index is -0.305. The lowest BCUT2D eigenvalue weighted by Crippen LogP contribution is -2.07. The number of aromatic hydroxyl groups is 1. The van der Waals surface area contributed by atoms with Crippen molar-refractivity contribution in [2.45, 2.75) is 20.3 Å². The van der Waals surface area contributed by atoms with E-state index in [0.29, 0.717) is 34.3 Å². The van der Waals surface area contributed by atoms with Crippen LogP contribution in [-0.2, 0) is 16.0 Å². The van der Waals surface area contributed by atoms with Gasteiger partial charge in [0.15, 0.2) is 11.5 Å². The molecule has 1 aromatic carbocycles. The normalized spacial score (nSPS) is 10.8. The predicted molar refractivity (Wildman–Crippen MR) is 101 cm³/mol. The van der Waals surface area contributed by atoms with Crippen LogP contribution in [0.4, 0.5) is 5.13 Å². The summed E-state index contributed by atoms with van der Waals surface area (Å²) in [7, 11) is 0. The topological polar surface area (TPSA) is 93.0 Å². The molecule has 0 fully saturated rings. The molecule has 0 amide bonds. The number of anilines is 1. The third-order valence-corrected chi connectivity index (χ3v) is 4.31. The van der Waals surface area contributed by atoms with Gasteiger partial charge in [-0.1, -0.05) is 0 Å². The number of benzene rings is 1. The molecule has 0 bridgehead atoms. The van der Waals surface area contributed by atoms with Gasteiger partial charge in [0.1, 0.15) is 0 Å². The summed E-state index contributed by atoms with van der Waals surface area (Å²) in [6.07, 6.45) is 1.72. The second-order valence-electron chi connectivity index (χ2n) is 4.78. The van der Waals surface area contributed by atoms with Gasteiger partial charge in [0.2, 0.25) is 5.13 Å². The Labute approximate surface area is 157 Å². The maximum absolute atomic E-state index is 11.4. The van der Waals surface area contributed by atoms with E-state index in [2.05, 4.69) is 31.4 Å². The Balaban J connectivity index is 1.99. The maximum Gasteiger partial charge on any atom is 0.311 e. The average molecular weight is 428 g/mol. The van der Waals surface area contributed by atoms with Crippen molar-refractivity contribution in [3.8, 4) is 11.5 Å². The van der Waals surface area contributed by atoms with Crippen molar-refractivity contribution in [2.24, 2.45) is 5.10 Å². The van der Waals surface area contributed by atoms with Crippen LogP contribution in [0.25, 0.3) is 0 Å². The van der Waals surface area contributed by atoms with Gasteiger partial charge in [-0.25, -0.2) is 4.98 Å². The number of thiazole rings is 1. The number of hydrogen-bond donors (Lipinski definition) is 2. The fourth-order valence-corrected chi connectivity index (χ4v) is 3.01. The number of phenols is 1. The van der Waals surface area contributed by atoms with Gasteiger partial charge in [0.25, 0.3) is 0 Å². The lowest BCUT2D eigenvalue weighted by atomic mass is 10.2. The molecule has 0 saturated heterocycles. The number of ether oxygens (including phenoxy) is 2. The Kier molecular flexibility index (Phi) is 7.20. The van der Waals surface area contributed by atoms with Crippen molar-refractivity contribution in [1.82, 2.24) is 4.98 Å². The van der Waals surface area contributed by atoms with Crippen LogP contribution < -0.4 is 10.2 Å². The van der Waals surface area contributed by atoms with Gasteiger partial charge in [-0.3, -0.25) is 10.2 Å². The first-order chi connectivity index (χ1) is 12.0. The number of hydrogen-bond acceptors (Lipinski definition) is 8. The molecule has 0 spiro atoms. The molecule has 1 heterocycles. The van der Waals surface area contributed by atoms with E-state index in [1.807, 2.05) is 6.92 Å². The first kappa shape index (κ1) is 19.2. The molecule has 25 heavy (non-hydrogen) atoms. The smallest absolute Gasteiger partial charge is 0.311 e. The van der Waals surface area contributed by atoms with Crippen LogP contribution in [0.1, 0.15) is 25.1 Å². The van der Waals surface area contributed by atoms with Crippen molar-refractivity contribution in [3.05, 3.63) is 33.2 Å². The summed E-state index contributed by atoms with van der Waals surface area (Å²) in [6.45, 7) is 4.40. The molecule has 9 heteroatoms. The molecule has 0 unspecified atom stereocenters. The number of carbonyl (C=O) groups is 1. The van der Waals surface area contributed by atoms with Crippen LogP contribution in [0.5, 0.6) is 11.5 Å². The molecule has 1 aromatic heterocycles. The number of hydrazone groups is 1. The molecule has 0 saturated carbocycles. The Morgan fingerprint density at radius 3 is 2.96 bits per heavy atom. The van der Waals surface area contributed by atoms with Gasteiger partial charge >= 0.3 is 5.97 Å². The summed E-state index contributed by atoms with van der Waals surface area (Å²) in [5.74, 6) is 0.125. The number of phenolic OH excluding ortho intramolecular Hbond substituents is 1. The molecule has 2 rings (SSSR count). The molecule has 0 radical (unpaired) electrons. The summed E-state index contributed by atoms with van der Waals surface area (Å²) < 4.78 is 10.8. The van der Waals surface area contributed by atoms with Crippen LogP contribution in [0.15, 0.2) is 27.1 Å². The van der Waals surface area contributed by atoms with Crippen molar-refractivity contribution in [2.75, 3.05) is 18.6 Å². The molecular weight excluding hydrogens is 410 g/mol. The number of aromatic nitrogens is 1. The predicted octanol–water partition coefficient (Wildman–Crippen LogP) is 3.56. The van der Waals surface area contributed by atoms with E-state index in [1.165, 1.54) is 11.3 Å². The molecule has 0 aliphatic carbocycles.